The van der Waals surface area contributed by atoms with Gasteiger partial charge in [0.1, 0.15) is 12.2 Å². The second-order valence-electron chi connectivity index (χ2n) is 6.96. The van der Waals surface area contributed by atoms with Gasteiger partial charge in [-0.15, -0.1) is 10.2 Å². The molecule has 4 rings (SSSR count). The fourth-order valence-corrected chi connectivity index (χ4v) is 3.75. The van der Waals surface area contributed by atoms with Gasteiger partial charge in [-0.25, -0.2) is 0 Å². The van der Waals surface area contributed by atoms with Crippen molar-refractivity contribution in [2.45, 2.75) is 19.3 Å². The van der Waals surface area contributed by atoms with E-state index in [1.807, 2.05) is 48.0 Å². The molecule has 25 heavy (non-hydrogen) atoms. The molecule has 6 nitrogen and oxygen atoms in total. The number of rotatable bonds is 3. The summed E-state index contributed by atoms with van der Waals surface area (Å²) in [7, 11) is 3.99. The molecule has 3 heterocycles. The lowest BCUT2D eigenvalue weighted by atomic mass is 9.92. The number of piperidine rings is 1. The first kappa shape index (κ1) is 15.9. The fourth-order valence-electron chi connectivity index (χ4n) is 3.75. The normalized spacial score (nSPS) is 15.8. The van der Waals surface area contributed by atoms with Crippen molar-refractivity contribution in [3.05, 3.63) is 48.2 Å². The van der Waals surface area contributed by atoms with E-state index in [1.165, 1.54) is 0 Å². The Morgan fingerprint density at radius 3 is 2.68 bits per heavy atom. The van der Waals surface area contributed by atoms with E-state index in [0.717, 1.165) is 54.6 Å². The van der Waals surface area contributed by atoms with E-state index in [0.29, 0.717) is 5.92 Å². The third-order valence-electron chi connectivity index (χ3n) is 5.34. The molecule has 1 fully saturated rings. The van der Waals surface area contributed by atoms with Gasteiger partial charge in [0, 0.05) is 56.3 Å². The number of amides is 1. The van der Waals surface area contributed by atoms with Gasteiger partial charge in [-0.3, -0.25) is 4.79 Å². The van der Waals surface area contributed by atoms with E-state index < -0.39 is 0 Å². The van der Waals surface area contributed by atoms with Crippen molar-refractivity contribution in [1.82, 2.24) is 24.2 Å². The molecule has 0 aliphatic carbocycles. The molecule has 0 N–H and O–H groups in total. The standard InChI is InChI=1S/C19H23N5O/c1-22-9-8-15-16(4-3-5-17(15)22)19(25)24-10-6-14(7-11-24)12-18-21-20-13-23(18)2/h3-5,8-9,13-14H,6-7,10-12H2,1-2H3. The van der Waals surface area contributed by atoms with Gasteiger partial charge in [-0.1, -0.05) is 6.07 Å². The van der Waals surface area contributed by atoms with Crippen molar-refractivity contribution in [3.63, 3.8) is 0 Å². The molecule has 0 radical (unpaired) electrons. The first-order valence-corrected chi connectivity index (χ1v) is 8.79. The Hall–Kier alpha value is -2.63. The number of aryl methyl sites for hydroxylation is 2. The van der Waals surface area contributed by atoms with Crippen LogP contribution in [0, 0.1) is 5.92 Å². The minimum absolute atomic E-state index is 0.147. The summed E-state index contributed by atoms with van der Waals surface area (Å²) in [5.74, 6) is 1.74. The molecule has 0 unspecified atom stereocenters. The molecule has 6 heteroatoms. The van der Waals surface area contributed by atoms with E-state index in [9.17, 15) is 4.79 Å². The van der Waals surface area contributed by atoms with Gasteiger partial charge < -0.3 is 14.0 Å². The molecular weight excluding hydrogens is 314 g/mol. The second-order valence-corrected chi connectivity index (χ2v) is 6.96. The Kier molecular flexibility index (Phi) is 4.03. The lowest BCUT2D eigenvalue weighted by Gasteiger charge is -2.32. The van der Waals surface area contributed by atoms with Crippen molar-refractivity contribution < 1.29 is 4.79 Å². The highest BCUT2D eigenvalue weighted by atomic mass is 16.2. The van der Waals surface area contributed by atoms with Gasteiger partial charge in [0.2, 0.25) is 0 Å². The second kappa shape index (κ2) is 6.35. The summed E-state index contributed by atoms with van der Waals surface area (Å²) in [6.07, 6.45) is 6.72. The number of nitrogens with zero attached hydrogens (tertiary/aromatic N) is 5. The van der Waals surface area contributed by atoms with Crippen LogP contribution in [-0.4, -0.2) is 43.2 Å². The van der Waals surface area contributed by atoms with Crippen LogP contribution in [0.1, 0.15) is 29.0 Å². The van der Waals surface area contributed by atoms with Crippen LogP contribution >= 0.6 is 0 Å². The molecule has 1 aliphatic heterocycles. The van der Waals surface area contributed by atoms with E-state index >= 15 is 0 Å². The highest BCUT2D eigenvalue weighted by Crippen LogP contribution is 2.25. The number of hydrogen-bond donors (Lipinski definition) is 0. The maximum Gasteiger partial charge on any atom is 0.254 e. The van der Waals surface area contributed by atoms with Crippen molar-refractivity contribution in [2.75, 3.05) is 13.1 Å². The van der Waals surface area contributed by atoms with Crippen molar-refractivity contribution in [2.24, 2.45) is 20.0 Å². The van der Waals surface area contributed by atoms with Gasteiger partial charge in [0.05, 0.1) is 0 Å². The van der Waals surface area contributed by atoms with Gasteiger partial charge in [-0.05, 0) is 37.0 Å². The number of fused-ring (bicyclic) bond motifs is 1. The molecule has 1 aromatic carbocycles. The van der Waals surface area contributed by atoms with E-state index in [1.54, 1.807) is 6.33 Å². The van der Waals surface area contributed by atoms with Gasteiger partial charge in [0.15, 0.2) is 0 Å². The Morgan fingerprint density at radius 1 is 1.16 bits per heavy atom. The van der Waals surface area contributed by atoms with Crippen molar-refractivity contribution in [3.8, 4) is 0 Å². The van der Waals surface area contributed by atoms with Crippen LogP contribution in [0.4, 0.5) is 0 Å². The number of aromatic nitrogens is 4. The first-order chi connectivity index (χ1) is 12.1. The number of carbonyl (C=O) groups is 1. The maximum atomic E-state index is 13.0. The van der Waals surface area contributed by atoms with Crippen molar-refractivity contribution in [1.29, 1.82) is 0 Å². The van der Waals surface area contributed by atoms with Crippen LogP contribution in [0.5, 0.6) is 0 Å². The molecule has 2 aromatic heterocycles. The fraction of sp³-hybridized carbons (Fsp3) is 0.421. The zero-order valence-electron chi connectivity index (χ0n) is 14.7. The van der Waals surface area contributed by atoms with Crippen LogP contribution in [0.25, 0.3) is 10.9 Å². The third-order valence-corrected chi connectivity index (χ3v) is 5.34. The molecule has 0 saturated carbocycles. The van der Waals surface area contributed by atoms with Crippen LogP contribution in [-0.2, 0) is 20.5 Å². The van der Waals surface area contributed by atoms with Crippen LogP contribution in [0.2, 0.25) is 0 Å². The van der Waals surface area contributed by atoms with E-state index in [4.69, 9.17) is 0 Å². The number of carbonyl (C=O) groups excluding carboxylic acids is 1. The number of likely N-dealkylation sites (tertiary alicyclic amines) is 1. The zero-order chi connectivity index (χ0) is 17.4. The minimum Gasteiger partial charge on any atom is -0.351 e. The molecule has 3 aromatic rings. The lowest BCUT2D eigenvalue weighted by Crippen LogP contribution is -2.39. The SMILES string of the molecule is Cn1cnnc1CC1CCN(C(=O)c2cccc3c2ccn3C)CC1. The Morgan fingerprint density at radius 2 is 1.96 bits per heavy atom. The monoisotopic (exact) mass is 337 g/mol. The van der Waals surface area contributed by atoms with Gasteiger partial charge in [-0.2, -0.15) is 0 Å². The maximum absolute atomic E-state index is 13.0. The van der Waals surface area contributed by atoms with Crippen molar-refractivity contribution >= 4 is 16.8 Å². The summed E-state index contributed by atoms with van der Waals surface area (Å²) >= 11 is 0. The Bertz CT molecular complexity index is 902. The first-order valence-electron chi connectivity index (χ1n) is 8.79. The predicted molar refractivity (Wildman–Crippen MR) is 96.3 cm³/mol. The summed E-state index contributed by atoms with van der Waals surface area (Å²) < 4.78 is 4.03. The largest absolute Gasteiger partial charge is 0.351 e. The number of hydrogen-bond acceptors (Lipinski definition) is 3. The highest BCUT2D eigenvalue weighted by molar-refractivity contribution is 6.06. The Balaban J connectivity index is 1.45. The lowest BCUT2D eigenvalue weighted by molar-refractivity contribution is 0.0691. The molecular formula is C19H23N5O. The van der Waals surface area contributed by atoms with Gasteiger partial charge in [0.25, 0.3) is 5.91 Å². The molecule has 130 valence electrons. The topological polar surface area (TPSA) is 56.0 Å². The third kappa shape index (κ3) is 2.92. The van der Waals surface area contributed by atoms with Crippen LogP contribution in [0.3, 0.4) is 0 Å². The molecule has 0 spiro atoms. The molecule has 1 aliphatic rings. The molecule has 0 bridgehead atoms. The molecule has 1 saturated heterocycles. The average Bonchev–Trinajstić information content (AvgIpc) is 3.21. The highest BCUT2D eigenvalue weighted by Gasteiger charge is 2.25. The van der Waals surface area contributed by atoms with Gasteiger partial charge >= 0.3 is 0 Å². The quantitative estimate of drug-likeness (QED) is 0.737. The summed E-state index contributed by atoms with van der Waals surface area (Å²) in [4.78, 5) is 15.0. The summed E-state index contributed by atoms with van der Waals surface area (Å²) in [5.41, 5.74) is 1.91. The average molecular weight is 337 g/mol. The van der Waals surface area contributed by atoms with E-state index in [2.05, 4.69) is 20.8 Å². The summed E-state index contributed by atoms with van der Waals surface area (Å²) in [6, 6.07) is 8.00. The molecule has 1 amide bonds. The number of benzene rings is 1. The van der Waals surface area contributed by atoms with Crippen LogP contribution in [0.15, 0.2) is 36.8 Å². The molecule has 0 atom stereocenters. The van der Waals surface area contributed by atoms with E-state index in [-0.39, 0.29) is 5.91 Å². The van der Waals surface area contributed by atoms with Crippen LogP contribution < -0.4 is 0 Å². The zero-order valence-corrected chi connectivity index (χ0v) is 14.7. The minimum atomic E-state index is 0.147. The summed E-state index contributed by atoms with van der Waals surface area (Å²) in [6.45, 7) is 1.62. The Labute approximate surface area is 147 Å². The summed E-state index contributed by atoms with van der Waals surface area (Å²) in [5, 5.41) is 9.16. The predicted octanol–water partition coefficient (Wildman–Crippen LogP) is 2.40. The smallest absolute Gasteiger partial charge is 0.254 e.